The molecule has 0 spiro atoms. The first-order valence-electron chi connectivity index (χ1n) is 6.65. The highest BCUT2D eigenvalue weighted by Crippen LogP contribution is 2.24. The van der Waals surface area contributed by atoms with Crippen LogP contribution in [0.1, 0.15) is 36.1 Å². The van der Waals surface area contributed by atoms with E-state index in [0.717, 1.165) is 24.5 Å². The highest BCUT2D eigenvalue weighted by atomic mass is 19.1. The van der Waals surface area contributed by atoms with Crippen molar-refractivity contribution in [3.8, 4) is 0 Å². The number of halogens is 2. The molecule has 0 aliphatic rings. The van der Waals surface area contributed by atoms with Gasteiger partial charge >= 0.3 is 0 Å². The normalized spacial score (nSPS) is 12.4. The third-order valence-corrected chi connectivity index (χ3v) is 3.29. The Morgan fingerprint density at radius 2 is 1.80 bits per heavy atom. The monoisotopic (exact) mass is 276 g/mol. The van der Waals surface area contributed by atoms with E-state index in [1.165, 1.54) is 17.7 Å². The molecule has 0 aliphatic heterocycles. The largest absolute Gasteiger partial charge is 0.271 e. The molecule has 4 heteroatoms. The molecule has 0 aliphatic carbocycles. The number of rotatable bonds is 5. The SMILES string of the molecule is CCCc1ccc(C(NN)c2ccc(F)cc2F)cc1. The Kier molecular flexibility index (Phi) is 4.82. The minimum Gasteiger partial charge on any atom is -0.271 e. The van der Waals surface area contributed by atoms with Gasteiger partial charge in [-0.3, -0.25) is 5.84 Å². The van der Waals surface area contributed by atoms with E-state index in [0.29, 0.717) is 5.56 Å². The van der Waals surface area contributed by atoms with Gasteiger partial charge in [-0.1, -0.05) is 43.7 Å². The van der Waals surface area contributed by atoms with Crippen LogP contribution in [0.25, 0.3) is 0 Å². The van der Waals surface area contributed by atoms with Gasteiger partial charge in [0.05, 0.1) is 6.04 Å². The lowest BCUT2D eigenvalue weighted by atomic mass is 9.97. The van der Waals surface area contributed by atoms with Crippen LogP contribution in [-0.2, 0) is 6.42 Å². The van der Waals surface area contributed by atoms with E-state index in [9.17, 15) is 8.78 Å². The minimum absolute atomic E-state index is 0.331. The van der Waals surface area contributed by atoms with Gasteiger partial charge in [0.25, 0.3) is 0 Å². The van der Waals surface area contributed by atoms with Crippen molar-refractivity contribution < 1.29 is 8.78 Å². The van der Waals surface area contributed by atoms with Crippen molar-refractivity contribution in [2.24, 2.45) is 5.84 Å². The predicted octanol–water partition coefficient (Wildman–Crippen LogP) is 3.47. The summed E-state index contributed by atoms with van der Waals surface area (Å²) in [6, 6.07) is 10.9. The maximum Gasteiger partial charge on any atom is 0.131 e. The van der Waals surface area contributed by atoms with Crippen LogP contribution in [0.15, 0.2) is 42.5 Å². The van der Waals surface area contributed by atoms with Gasteiger partial charge < -0.3 is 0 Å². The summed E-state index contributed by atoms with van der Waals surface area (Å²) in [5.74, 6) is 4.33. The van der Waals surface area contributed by atoms with Crippen molar-refractivity contribution >= 4 is 0 Å². The summed E-state index contributed by atoms with van der Waals surface area (Å²) >= 11 is 0. The van der Waals surface area contributed by atoms with Crippen LogP contribution in [0.4, 0.5) is 8.78 Å². The lowest BCUT2D eigenvalue weighted by Gasteiger charge is -2.18. The first-order valence-corrected chi connectivity index (χ1v) is 6.65. The van der Waals surface area contributed by atoms with Crippen LogP contribution < -0.4 is 11.3 Å². The topological polar surface area (TPSA) is 38.0 Å². The van der Waals surface area contributed by atoms with Gasteiger partial charge in [0.2, 0.25) is 0 Å². The van der Waals surface area contributed by atoms with Crippen molar-refractivity contribution in [3.05, 3.63) is 70.8 Å². The zero-order chi connectivity index (χ0) is 14.5. The molecule has 0 amide bonds. The van der Waals surface area contributed by atoms with Crippen LogP contribution in [0, 0.1) is 11.6 Å². The first-order chi connectivity index (χ1) is 9.65. The van der Waals surface area contributed by atoms with Crippen molar-refractivity contribution in [1.29, 1.82) is 0 Å². The zero-order valence-corrected chi connectivity index (χ0v) is 11.4. The molecule has 0 radical (unpaired) electrons. The van der Waals surface area contributed by atoms with Crippen molar-refractivity contribution in [2.75, 3.05) is 0 Å². The molecule has 0 saturated carbocycles. The molecule has 20 heavy (non-hydrogen) atoms. The molecule has 2 nitrogen and oxygen atoms in total. The number of hydrogen-bond donors (Lipinski definition) is 2. The van der Waals surface area contributed by atoms with Gasteiger partial charge in [0.1, 0.15) is 11.6 Å². The van der Waals surface area contributed by atoms with E-state index in [1.54, 1.807) is 0 Å². The van der Waals surface area contributed by atoms with Crippen molar-refractivity contribution in [2.45, 2.75) is 25.8 Å². The fourth-order valence-corrected chi connectivity index (χ4v) is 2.27. The molecule has 0 bridgehead atoms. The molecular weight excluding hydrogens is 258 g/mol. The first kappa shape index (κ1) is 14.6. The molecule has 1 atom stereocenters. The van der Waals surface area contributed by atoms with Crippen molar-refractivity contribution in [1.82, 2.24) is 5.43 Å². The fraction of sp³-hybridized carbons (Fsp3) is 0.250. The molecule has 3 N–H and O–H groups in total. The summed E-state index contributed by atoms with van der Waals surface area (Å²) in [6.07, 6.45) is 2.08. The lowest BCUT2D eigenvalue weighted by Crippen LogP contribution is -2.29. The quantitative estimate of drug-likeness (QED) is 0.648. The molecule has 2 aromatic carbocycles. The second-order valence-corrected chi connectivity index (χ2v) is 4.76. The summed E-state index contributed by atoms with van der Waals surface area (Å²) in [6.45, 7) is 2.12. The summed E-state index contributed by atoms with van der Waals surface area (Å²) in [5, 5.41) is 0. The summed E-state index contributed by atoms with van der Waals surface area (Å²) < 4.78 is 26.8. The average molecular weight is 276 g/mol. The van der Waals surface area contributed by atoms with Crippen LogP contribution in [-0.4, -0.2) is 0 Å². The van der Waals surface area contributed by atoms with E-state index in [1.807, 2.05) is 24.3 Å². The molecule has 0 aromatic heterocycles. The Bertz CT molecular complexity index is 567. The van der Waals surface area contributed by atoms with Gasteiger partial charge in [-0.15, -0.1) is 0 Å². The molecule has 0 saturated heterocycles. The number of aryl methyl sites for hydroxylation is 1. The maximum absolute atomic E-state index is 13.8. The van der Waals surface area contributed by atoms with Crippen molar-refractivity contribution in [3.63, 3.8) is 0 Å². The highest BCUT2D eigenvalue weighted by molar-refractivity contribution is 5.34. The summed E-state index contributed by atoms with van der Waals surface area (Å²) in [4.78, 5) is 0. The van der Waals surface area contributed by atoms with Gasteiger partial charge in [-0.2, -0.15) is 0 Å². The Hall–Kier alpha value is -1.78. The standard InChI is InChI=1S/C16H18F2N2/c1-2-3-11-4-6-12(7-5-11)16(20-19)14-9-8-13(17)10-15(14)18/h4-10,16,20H,2-3,19H2,1H3. The number of benzene rings is 2. The Labute approximate surface area is 117 Å². The smallest absolute Gasteiger partial charge is 0.131 e. The zero-order valence-electron chi connectivity index (χ0n) is 11.4. The van der Waals surface area contributed by atoms with E-state index in [-0.39, 0.29) is 0 Å². The van der Waals surface area contributed by atoms with Crippen LogP contribution in [0.2, 0.25) is 0 Å². The molecule has 2 rings (SSSR count). The molecule has 106 valence electrons. The average Bonchev–Trinajstić information content (AvgIpc) is 2.44. The lowest BCUT2D eigenvalue weighted by molar-refractivity contribution is 0.541. The van der Waals surface area contributed by atoms with E-state index in [2.05, 4.69) is 12.3 Å². The molecule has 1 unspecified atom stereocenters. The minimum atomic E-state index is -0.606. The fourth-order valence-electron chi connectivity index (χ4n) is 2.27. The Morgan fingerprint density at radius 1 is 1.10 bits per heavy atom. The van der Waals surface area contributed by atoms with Gasteiger partial charge in [0.15, 0.2) is 0 Å². The molecule has 0 fully saturated rings. The third kappa shape index (κ3) is 3.21. The number of nitrogens with one attached hydrogen (secondary N) is 1. The summed E-state index contributed by atoms with van der Waals surface area (Å²) in [5.41, 5.74) is 4.99. The van der Waals surface area contributed by atoms with Gasteiger partial charge in [0, 0.05) is 11.6 Å². The Balaban J connectivity index is 2.31. The third-order valence-electron chi connectivity index (χ3n) is 3.29. The number of hydrazine groups is 1. The second kappa shape index (κ2) is 6.59. The van der Waals surface area contributed by atoms with E-state index < -0.39 is 17.7 Å². The van der Waals surface area contributed by atoms with Gasteiger partial charge in [-0.25, -0.2) is 14.2 Å². The summed E-state index contributed by atoms with van der Waals surface area (Å²) in [7, 11) is 0. The molecule has 0 heterocycles. The maximum atomic E-state index is 13.8. The highest BCUT2D eigenvalue weighted by Gasteiger charge is 2.17. The molecular formula is C16H18F2N2. The van der Waals surface area contributed by atoms with Crippen LogP contribution >= 0.6 is 0 Å². The predicted molar refractivity (Wildman–Crippen MR) is 76.0 cm³/mol. The van der Waals surface area contributed by atoms with E-state index >= 15 is 0 Å². The molecule has 2 aromatic rings. The van der Waals surface area contributed by atoms with Gasteiger partial charge in [-0.05, 0) is 23.6 Å². The second-order valence-electron chi connectivity index (χ2n) is 4.76. The van der Waals surface area contributed by atoms with Crippen LogP contribution in [0.5, 0.6) is 0 Å². The Morgan fingerprint density at radius 3 is 2.35 bits per heavy atom. The van der Waals surface area contributed by atoms with Crippen LogP contribution in [0.3, 0.4) is 0 Å². The number of nitrogens with two attached hydrogens (primary N) is 1. The number of hydrogen-bond acceptors (Lipinski definition) is 2. The van der Waals surface area contributed by atoms with E-state index in [4.69, 9.17) is 5.84 Å².